The molecule has 2 atom stereocenters. The van der Waals surface area contributed by atoms with E-state index in [1.54, 1.807) is 17.1 Å². The van der Waals surface area contributed by atoms with Gasteiger partial charge < -0.3 is 5.32 Å². The van der Waals surface area contributed by atoms with Crippen molar-refractivity contribution in [3.63, 3.8) is 0 Å². The van der Waals surface area contributed by atoms with Gasteiger partial charge in [0.2, 0.25) is 0 Å². The van der Waals surface area contributed by atoms with Crippen molar-refractivity contribution in [3.05, 3.63) is 18.0 Å². The molecule has 0 bridgehead atoms. The fraction of sp³-hybridized carbons (Fsp3) is 0.692. The van der Waals surface area contributed by atoms with Crippen molar-refractivity contribution in [1.82, 2.24) is 15.1 Å². The summed E-state index contributed by atoms with van der Waals surface area (Å²) in [6.45, 7) is 4.45. The van der Waals surface area contributed by atoms with Crippen LogP contribution in [-0.2, 0) is 7.05 Å². The maximum atomic E-state index is 12.1. The zero-order valence-electron chi connectivity index (χ0n) is 10.8. The van der Waals surface area contributed by atoms with E-state index < -0.39 is 0 Å². The quantitative estimate of drug-likeness (QED) is 0.852. The number of carbonyl (C=O) groups excluding carboxylic acids is 1. The Morgan fingerprint density at radius 1 is 1.41 bits per heavy atom. The second kappa shape index (κ2) is 4.90. The second-order valence-corrected chi connectivity index (χ2v) is 5.29. The lowest BCUT2D eigenvalue weighted by Crippen LogP contribution is -2.45. The molecule has 94 valence electrons. The van der Waals surface area contributed by atoms with Crippen LogP contribution in [0.3, 0.4) is 0 Å². The highest BCUT2D eigenvalue weighted by atomic mass is 16.1. The first-order valence-electron chi connectivity index (χ1n) is 6.37. The number of rotatable bonds is 2. The Balaban J connectivity index is 2.02. The molecule has 0 aromatic carbocycles. The first-order chi connectivity index (χ1) is 8.08. The van der Waals surface area contributed by atoms with Crippen LogP contribution in [0.2, 0.25) is 0 Å². The van der Waals surface area contributed by atoms with Gasteiger partial charge in [-0.15, -0.1) is 0 Å². The third kappa shape index (κ3) is 2.68. The predicted octanol–water partition coefficient (Wildman–Crippen LogP) is 1.97. The lowest BCUT2D eigenvalue weighted by Gasteiger charge is -2.35. The molecule has 17 heavy (non-hydrogen) atoms. The summed E-state index contributed by atoms with van der Waals surface area (Å²) in [5.74, 6) is 1.14. The number of hydrogen-bond acceptors (Lipinski definition) is 2. The van der Waals surface area contributed by atoms with Gasteiger partial charge >= 0.3 is 0 Å². The van der Waals surface area contributed by atoms with Gasteiger partial charge in [0.25, 0.3) is 5.91 Å². The van der Waals surface area contributed by atoms with E-state index in [0.717, 1.165) is 0 Å². The molecule has 1 N–H and O–H groups in total. The van der Waals surface area contributed by atoms with Gasteiger partial charge in [-0.25, -0.2) is 0 Å². The molecule has 0 spiro atoms. The fourth-order valence-electron chi connectivity index (χ4n) is 2.74. The molecule has 1 aliphatic carbocycles. The van der Waals surface area contributed by atoms with Gasteiger partial charge in [0.05, 0.1) is 11.8 Å². The van der Waals surface area contributed by atoms with Crippen molar-refractivity contribution in [2.75, 3.05) is 0 Å². The minimum absolute atomic E-state index is 0.00343. The van der Waals surface area contributed by atoms with E-state index in [4.69, 9.17) is 0 Å². The fourth-order valence-corrected chi connectivity index (χ4v) is 2.74. The maximum Gasteiger partial charge on any atom is 0.254 e. The number of aryl methyl sites for hydroxylation is 1. The van der Waals surface area contributed by atoms with E-state index in [0.29, 0.717) is 23.4 Å². The number of hydrogen-bond donors (Lipinski definition) is 1. The molecule has 1 saturated carbocycles. The van der Waals surface area contributed by atoms with E-state index in [1.165, 1.54) is 19.3 Å². The van der Waals surface area contributed by atoms with Crippen LogP contribution in [0.5, 0.6) is 0 Å². The highest BCUT2D eigenvalue weighted by molar-refractivity contribution is 5.93. The minimum Gasteiger partial charge on any atom is -0.349 e. The molecule has 4 heteroatoms. The predicted molar refractivity (Wildman–Crippen MR) is 66.6 cm³/mol. The molecular formula is C13H21N3O. The van der Waals surface area contributed by atoms with Crippen molar-refractivity contribution in [1.29, 1.82) is 0 Å². The Morgan fingerprint density at radius 2 is 2.06 bits per heavy atom. The average Bonchev–Trinajstić information content (AvgIpc) is 2.70. The Kier molecular flexibility index (Phi) is 3.50. The first kappa shape index (κ1) is 12.1. The molecule has 0 aliphatic heterocycles. The van der Waals surface area contributed by atoms with Crippen LogP contribution >= 0.6 is 0 Å². The van der Waals surface area contributed by atoms with Crippen molar-refractivity contribution in [3.8, 4) is 0 Å². The van der Waals surface area contributed by atoms with E-state index in [9.17, 15) is 4.79 Å². The van der Waals surface area contributed by atoms with E-state index in [2.05, 4.69) is 24.3 Å². The summed E-state index contributed by atoms with van der Waals surface area (Å²) in [6.07, 6.45) is 7.08. The van der Waals surface area contributed by atoms with Gasteiger partial charge in [0.15, 0.2) is 0 Å². The molecule has 1 amide bonds. The molecule has 2 rings (SSSR count). The highest BCUT2D eigenvalue weighted by Gasteiger charge is 2.29. The number of aromatic nitrogens is 2. The van der Waals surface area contributed by atoms with E-state index >= 15 is 0 Å². The molecule has 1 heterocycles. The van der Waals surface area contributed by atoms with Crippen LogP contribution in [0.25, 0.3) is 0 Å². The summed E-state index contributed by atoms with van der Waals surface area (Å²) in [5.41, 5.74) is 0.650. The van der Waals surface area contributed by atoms with E-state index in [1.807, 2.05) is 7.05 Å². The van der Waals surface area contributed by atoms with Gasteiger partial charge in [0, 0.05) is 19.3 Å². The Labute approximate surface area is 102 Å². The molecule has 1 aromatic rings. The van der Waals surface area contributed by atoms with Crippen molar-refractivity contribution in [2.45, 2.75) is 39.2 Å². The molecule has 1 aliphatic rings. The topological polar surface area (TPSA) is 46.9 Å². The average molecular weight is 235 g/mol. The third-order valence-corrected chi connectivity index (χ3v) is 3.81. The number of carbonyl (C=O) groups is 1. The van der Waals surface area contributed by atoms with Crippen molar-refractivity contribution >= 4 is 5.91 Å². The minimum atomic E-state index is 0.00343. The normalized spacial score (nSPS) is 29.0. The molecule has 0 saturated heterocycles. The molecule has 4 nitrogen and oxygen atoms in total. The third-order valence-electron chi connectivity index (χ3n) is 3.81. The summed E-state index contributed by atoms with van der Waals surface area (Å²) >= 11 is 0. The summed E-state index contributed by atoms with van der Waals surface area (Å²) in [6, 6.07) is 0.302. The zero-order valence-corrected chi connectivity index (χ0v) is 10.8. The van der Waals surface area contributed by atoms with Crippen molar-refractivity contribution in [2.24, 2.45) is 18.9 Å². The van der Waals surface area contributed by atoms with Crippen LogP contribution in [0.15, 0.2) is 12.4 Å². The van der Waals surface area contributed by atoms with E-state index in [-0.39, 0.29) is 5.91 Å². The summed E-state index contributed by atoms with van der Waals surface area (Å²) < 4.78 is 1.66. The number of amides is 1. The molecular weight excluding hydrogens is 214 g/mol. The van der Waals surface area contributed by atoms with Crippen LogP contribution in [-0.4, -0.2) is 21.7 Å². The lowest BCUT2D eigenvalue weighted by atomic mass is 9.78. The first-order valence-corrected chi connectivity index (χ1v) is 6.37. The molecule has 0 radical (unpaired) electrons. The smallest absolute Gasteiger partial charge is 0.254 e. The monoisotopic (exact) mass is 235 g/mol. The number of nitrogens with one attached hydrogen (secondary N) is 1. The van der Waals surface area contributed by atoms with Crippen LogP contribution in [0, 0.1) is 11.8 Å². The van der Waals surface area contributed by atoms with Gasteiger partial charge in [0.1, 0.15) is 0 Å². The zero-order chi connectivity index (χ0) is 12.4. The highest BCUT2D eigenvalue weighted by Crippen LogP contribution is 2.28. The molecule has 1 fully saturated rings. The summed E-state index contributed by atoms with van der Waals surface area (Å²) in [5, 5.41) is 7.18. The maximum absolute atomic E-state index is 12.1. The van der Waals surface area contributed by atoms with Crippen LogP contribution < -0.4 is 5.32 Å². The van der Waals surface area contributed by atoms with Gasteiger partial charge in [-0.2, -0.15) is 5.10 Å². The SMILES string of the molecule is CC1CCCC(C)C1NC(=O)c1cnn(C)c1. The van der Waals surface area contributed by atoms with Gasteiger partial charge in [-0.1, -0.05) is 20.3 Å². The standard InChI is InChI=1S/C13H21N3O/c1-9-5-4-6-10(2)12(9)15-13(17)11-7-14-16(3)8-11/h7-10,12H,4-6H2,1-3H3,(H,15,17). The van der Waals surface area contributed by atoms with Gasteiger partial charge in [-0.3, -0.25) is 9.48 Å². The van der Waals surface area contributed by atoms with Crippen LogP contribution in [0.4, 0.5) is 0 Å². The van der Waals surface area contributed by atoms with Crippen LogP contribution in [0.1, 0.15) is 43.5 Å². The summed E-state index contributed by atoms with van der Waals surface area (Å²) in [7, 11) is 1.82. The second-order valence-electron chi connectivity index (χ2n) is 5.29. The number of nitrogens with zero attached hydrogens (tertiary/aromatic N) is 2. The molecule has 1 aromatic heterocycles. The summed E-state index contributed by atoms with van der Waals surface area (Å²) in [4.78, 5) is 12.1. The Bertz CT molecular complexity index is 389. The van der Waals surface area contributed by atoms with Crippen molar-refractivity contribution < 1.29 is 4.79 Å². The molecule has 2 unspecified atom stereocenters. The Morgan fingerprint density at radius 3 is 2.59 bits per heavy atom. The Hall–Kier alpha value is -1.32. The largest absolute Gasteiger partial charge is 0.349 e. The van der Waals surface area contributed by atoms with Gasteiger partial charge in [-0.05, 0) is 24.7 Å². The lowest BCUT2D eigenvalue weighted by molar-refractivity contribution is 0.0880.